The molecule has 5 heteroatoms. The van der Waals surface area contributed by atoms with Crippen LogP contribution in [0.15, 0.2) is 67.0 Å². The van der Waals surface area contributed by atoms with Crippen LogP contribution < -0.4 is 10.5 Å². The summed E-state index contributed by atoms with van der Waals surface area (Å²) in [5.74, 6) is 1.55. The number of H-pyrrole nitrogens is 1. The van der Waals surface area contributed by atoms with E-state index in [-0.39, 0.29) is 6.04 Å². The topological polar surface area (TPSA) is 76.8 Å². The van der Waals surface area contributed by atoms with E-state index in [0.717, 1.165) is 39.3 Å². The number of nitrogens with two attached hydrogens (primary N) is 1. The van der Waals surface area contributed by atoms with Crippen LogP contribution >= 0.6 is 0 Å². The monoisotopic (exact) mass is 330 g/mol. The number of rotatable bonds is 4. The number of pyridine rings is 1. The molecule has 1 atom stereocenters. The summed E-state index contributed by atoms with van der Waals surface area (Å²) in [4.78, 5) is 12.1. The molecule has 4 rings (SSSR count). The van der Waals surface area contributed by atoms with Crippen molar-refractivity contribution >= 4 is 11.0 Å². The molecule has 3 N–H and O–H groups in total. The number of benzene rings is 2. The Hall–Kier alpha value is -3.18. The van der Waals surface area contributed by atoms with Crippen molar-refractivity contribution in [3.05, 3.63) is 78.4 Å². The van der Waals surface area contributed by atoms with E-state index < -0.39 is 0 Å². The normalized spacial score (nSPS) is 12.2. The lowest BCUT2D eigenvalue weighted by Crippen LogP contribution is -2.13. The SMILES string of the molecule is COc1ccc(C(N)c2nc3ccc(-c4ccncc4)cc3[nH]2)cc1. The summed E-state index contributed by atoms with van der Waals surface area (Å²) in [5.41, 5.74) is 11.5. The molecule has 124 valence electrons. The van der Waals surface area contributed by atoms with Crippen LogP contribution in [0.5, 0.6) is 5.75 Å². The van der Waals surface area contributed by atoms with E-state index in [4.69, 9.17) is 10.5 Å². The third-order valence-corrected chi connectivity index (χ3v) is 4.28. The molecular formula is C20H18N4O. The summed E-state index contributed by atoms with van der Waals surface area (Å²) in [7, 11) is 1.65. The molecule has 0 bridgehead atoms. The Morgan fingerprint density at radius 3 is 2.44 bits per heavy atom. The van der Waals surface area contributed by atoms with E-state index in [0.29, 0.717) is 0 Å². The first-order chi connectivity index (χ1) is 12.2. The summed E-state index contributed by atoms with van der Waals surface area (Å²) in [6.45, 7) is 0. The maximum Gasteiger partial charge on any atom is 0.128 e. The largest absolute Gasteiger partial charge is 0.497 e. The molecule has 2 aromatic carbocycles. The zero-order chi connectivity index (χ0) is 17.2. The molecule has 0 spiro atoms. The second-order valence-corrected chi connectivity index (χ2v) is 5.84. The third-order valence-electron chi connectivity index (χ3n) is 4.28. The van der Waals surface area contributed by atoms with Gasteiger partial charge in [-0.25, -0.2) is 4.98 Å². The Bertz CT molecular complexity index is 993. The van der Waals surface area contributed by atoms with Crippen molar-refractivity contribution in [2.45, 2.75) is 6.04 Å². The molecule has 0 aliphatic rings. The molecule has 2 heterocycles. The lowest BCUT2D eigenvalue weighted by atomic mass is 10.1. The number of aromatic amines is 1. The third kappa shape index (κ3) is 2.97. The zero-order valence-electron chi connectivity index (χ0n) is 13.8. The predicted molar refractivity (Wildman–Crippen MR) is 98.3 cm³/mol. The molecular weight excluding hydrogens is 312 g/mol. The first-order valence-corrected chi connectivity index (χ1v) is 8.04. The lowest BCUT2D eigenvalue weighted by molar-refractivity contribution is 0.414. The van der Waals surface area contributed by atoms with Gasteiger partial charge in [-0.05, 0) is 53.1 Å². The van der Waals surface area contributed by atoms with Crippen molar-refractivity contribution in [2.75, 3.05) is 7.11 Å². The van der Waals surface area contributed by atoms with Crippen molar-refractivity contribution < 1.29 is 4.74 Å². The van der Waals surface area contributed by atoms with Crippen LogP contribution in [0.25, 0.3) is 22.2 Å². The fourth-order valence-corrected chi connectivity index (χ4v) is 2.87. The van der Waals surface area contributed by atoms with Gasteiger partial charge in [0.2, 0.25) is 0 Å². The Morgan fingerprint density at radius 2 is 1.72 bits per heavy atom. The highest BCUT2D eigenvalue weighted by Crippen LogP contribution is 2.26. The minimum Gasteiger partial charge on any atom is -0.497 e. The summed E-state index contributed by atoms with van der Waals surface area (Å²) in [6, 6.07) is 17.5. The fraction of sp³-hybridized carbons (Fsp3) is 0.100. The van der Waals surface area contributed by atoms with Crippen LogP contribution in [0.3, 0.4) is 0 Å². The Labute approximate surface area is 145 Å². The van der Waals surface area contributed by atoms with E-state index in [9.17, 15) is 0 Å². The standard InChI is InChI=1S/C20H18N4O/c1-25-16-5-2-14(3-6-16)19(21)20-23-17-7-4-15(12-18(17)24-20)13-8-10-22-11-9-13/h2-12,19H,21H2,1H3,(H,23,24). The quantitative estimate of drug-likeness (QED) is 0.598. The first kappa shape index (κ1) is 15.4. The highest BCUT2D eigenvalue weighted by atomic mass is 16.5. The van der Waals surface area contributed by atoms with Crippen LogP contribution in [0.1, 0.15) is 17.4 Å². The number of imidazole rings is 1. The van der Waals surface area contributed by atoms with Crippen molar-refractivity contribution in [2.24, 2.45) is 5.73 Å². The number of nitrogens with one attached hydrogen (secondary N) is 1. The van der Waals surface area contributed by atoms with Gasteiger partial charge in [-0.2, -0.15) is 0 Å². The summed E-state index contributed by atoms with van der Waals surface area (Å²) >= 11 is 0. The number of nitrogens with zero attached hydrogens (tertiary/aromatic N) is 2. The molecule has 1 unspecified atom stereocenters. The Kier molecular flexibility index (Phi) is 3.91. The van der Waals surface area contributed by atoms with Gasteiger partial charge in [0, 0.05) is 12.4 Å². The van der Waals surface area contributed by atoms with Gasteiger partial charge in [0.05, 0.1) is 24.2 Å². The van der Waals surface area contributed by atoms with Crippen molar-refractivity contribution in [1.29, 1.82) is 0 Å². The molecule has 25 heavy (non-hydrogen) atoms. The van der Waals surface area contributed by atoms with E-state index >= 15 is 0 Å². The van der Waals surface area contributed by atoms with Crippen LogP contribution in [0.4, 0.5) is 0 Å². The van der Waals surface area contributed by atoms with Crippen LogP contribution in [0.2, 0.25) is 0 Å². The molecule has 0 amide bonds. The Morgan fingerprint density at radius 1 is 0.960 bits per heavy atom. The summed E-state index contributed by atoms with van der Waals surface area (Å²) in [6.07, 6.45) is 3.58. The van der Waals surface area contributed by atoms with Crippen LogP contribution in [-0.2, 0) is 0 Å². The first-order valence-electron chi connectivity index (χ1n) is 8.04. The van der Waals surface area contributed by atoms with Gasteiger partial charge in [0.25, 0.3) is 0 Å². The molecule has 4 aromatic rings. The van der Waals surface area contributed by atoms with Crippen molar-refractivity contribution in [1.82, 2.24) is 15.0 Å². The number of fused-ring (bicyclic) bond motifs is 1. The zero-order valence-corrected chi connectivity index (χ0v) is 13.8. The number of hydrogen-bond acceptors (Lipinski definition) is 4. The molecule has 0 saturated carbocycles. The highest BCUT2D eigenvalue weighted by molar-refractivity contribution is 5.82. The number of aromatic nitrogens is 3. The lowest BCUT2D eigenvalue weighted by Gasteiger charge is -2.09. The highest BCUT2D eigenvalue weighted by Gasteiger charge is 2.14. The van der Waals surface area contributed by atoms with Gasteiger partial charge in [-0.1, -0.05) is 18.2 Å². The van der Waals surface area contributed by atoms with E-state index in [1.165, 1.54) is 0 Å². The van der Waals surface area contributed by atoms with Crippen LogP contribution in [-0.4, -0.2) is 22.1 Å². The summed E-state index contributed by atoms with van der Waals surface area (Å²) in [5, 5.41) is 0. The van der Waals surface area contributed by atoms with Gasteiger partial charge in [-0.3, -0.25) is 4.98 Å². The fourth-order valence-electron chi connectivity index (χ4n) is 2.87. The average molecular weight is 330 g/mol. The Balaban J connectivity index is 1.68. The van der Waals surface area contributed by atoms with Gasteiger partial charge < -0.3 is 15.5 Å². The number of ether oxygens (including phenoxy) is 1. The molecule has 0 aliphatic heterocycles. The minimum atomic E-state index is -0.317. The molecule has 0 saturated heterocycles. The van der Waals surface area contributed by atoms with Crippen LogP contribution in [0, 0.1) is 0 Å². The van der Waals surface area contributed by atoms with Gasteiger partial charge in [0.15, 0.2) is 0 Å². The second-order valence-electron chi connectivity index (χ2n) is 5.84. The maximum absolute atomic E-state index is 6.38. The minimum absolute atomic E-state index is 0.317. The van der Waals surface area contributed by atoms with Crippen molar-refractivity contribution in [3.63, 3.8) is 0 Å². The predicted octanol–water partition coefficient (Wildman–Crippen LogP) is 3.68. The molecule has 0 fully saturated rings. The van der Waals surface area contributed by atoms with E-state index in [2.05, 4.69) is 27.1 Å². The smallest absolute Gasteiger partial charge is 0.128 e. The second kappa shape index (κ2) is 6.37. The number of methoxy groups -OCH3 is 1. The van der Waals surface area contributed by atoms with Crippen molar-refractivity contribution in [3.8, 4) is 16.9 Å². The molecule has 5 nitrogen and oxygen atoms in total. The average Bonchev–Trinajstić information content (AvgIpc) is 3.11. The van der Waals surface area contributed by atoms with E-state index in [1.54, 1.807) is 19.5 Å². The van der Waals surface area contributed by atoms with E-state index in [1.807, 2.05) is 42.5 Å². The molecule has 0 radical (unpaired) electrons. The maximum atomic E-state index is 6.38. The summed E-state index contributed by atoms with van der Waals surface area (Å²) < 4.78 is 5.19. The van der Waals surface area contributed by atoms with Gasteiger partial charge in [-0.15, -0.1) is 0 Å². The molecule has 0 aliphatic carbocycles. The molecule has 2 aromatic heterocycles. The van der Waals surface area contributed by atoms with Gasteiger partial charge >= 0.3 is 0 Å². The number of hydrogen-bond donors (Lipinski definition) is 2. The van der Waals surface area contributed by atoms with Gasteiger partial charge in [0.1, 0.15) is 11.6 Å².